The van der Waals surface area contributed by atoms with E-state index in [0.29, 0.717) is 43.0 Å². The Morgan fingerprint density at radius 2 is 2.00 bits per heavy atom. The smallest absolute Gasteiger partial charge is 0.236 e. The topological polar surface area (TPSA) is 87.5 Å². The third kappa shape index (κ3) is 4.18. The number of fused-ring (bicyclic) bond motifs is 3. The fourth-order valence-corrected chi connectivity index (χ4v) is 5.10. The molecule has 0 atom stereocenters. The summed E-state index contributed by atoms with van der Waals surface area (Å²) in [5, 5.41) is 4.24. The fourth-order valence-electron chi connectivity index (χ4n) is 3.37. The van der Waals surface area contributed by atoms with Gasteiger partial charge in [0.15, 0.2) is 21.8 Å². The van der Waals surface area contributed by atoms with Crippen LogP contribution in [0.3, 0.4) is 0 Å². The van der Waals surface area contributed by atoms with Crippen molar-refractivity contribution in [3.63, 3.8) is 0 Å². The number of imidazole rings is 1. The second-order valence-electron chi connectivity index (χ2n) is 6.85. The number of aromatic nitrogens is 3. The Kier molecular flexibility index (Phi) is 5.66. The van der Waals surface area contributed by atoms with E-state index < -0.39 is 0 Å². The Morgan fingerprint density at radius 3 is 2.84 bits per heavy atom. The highest BCUT2D eigenvalue weighted by Crippen LogP contribution is 2.38. The lowest BCUT2D eigenvalue weighted by Crippen LogP contribution is -2.15. The first-order chi connectivity index (χ1) is 15.2. The Labute approximate surface area is 186 Å². The van der Waals surface area contributed by atoms with E-state index in [2.05, 4.69) is 19.9 Å². The molecular weight excluding hydrogens is 436 g/mol. The SMILES string of the molecule is COCCn1c(SCC(=O)Nc2nc3cc4c(cc3s2)OCCO4)nc2ccccc21. The molecule has 160 valence electrons. The van der Waals surface area contributed by atoms with E-state index in [-0.39, 0.29) is 11.7 Å². The highest BCUT2D eigenvalue weighted by Gasteiger charge is 2.17. The van der Waals surface area contributed by atoms with E-state index in [1.54, 1.807) is 7.11 Å². The largest absolute Gasteiger partial charge is 0.486 e. The quantitative estimate of drug-likeness (QED) is 0.423. The van der Waals surface area contributed by atoms with Crippen molar-refractivity contribution in [2.24, 2.45) is 0 Å². The zero-order valence-corrected chi connectivity index (χ0v) is 18.4. The van der Waals surface area contributed by atoms with E-state index in [9.17, 15) is 4.79 Å². The Morgan fingerprint density at radius 1 is 1.19 bits per heavy atom. The van der Waals surface area contributed by atoms with Crippen LogP contribution >= 0.6 is 23.1 Å². The summed E-state index contributed by atoms with van der Waals surface area (Å²) in [5.74, 6) is 1.50. The predicted molar refractivity (Wildman–Crippen MR) is 122 cm³/mol. The van der Waals surface area contributed by atoms with Crippen molar-refractivity contribution >= 4 is 55.4 Å². The van der Waals surface area contributed by atoms with Gasteiger partial charge in [-0.3, -0.25) is 4.79 Å². The third-order valence-corrected chi connectivity index (χ3v) is 6.68. The number of nitrogens with one attached hydrogen (secondary N) is 1. The summed E-state index contributed by atoms with van der Waals surface area (Å²) >= 11 is 2.81. The lowest BCUT2D eigenvalue weighted by atomic mass is 10.3. The van der Waals surface area contributed by atoms with Gasteiger partial charge in [0.25, 0.3) is 0 Å². The molecular formula is C21H20N4O4S2. The number of rotatable bonds is 7. The zero-order chi connectivity index (χ0) is 21.2. The van der Waals surface area contributed by atoms with E-state index in [1.807, 2.05) is 36.4 Å². The Hall–Kier alpha value is -2.82. The van der Waals surface area contributed by atoms with Gasteiger partial charge in [0.05, 0.1) is 33.6 Å². The van der Waals surface area contributed by atoms with Crippen LogP contribution in [0.2, 0.25) is 0 Å². The molecule has 2 aromatic heterocycles. The Bertz CT molecular complexity index is 1210. The maximum atomic E-state index is 12.6. The van der Waals surface area contributed by atoms with Crippen LogP contribution < -0.4 is 14.8 Å². The average Bonchev–Trinajstić information content (AvgIpc) is 3.34. The van der Waals surface area contributed by atoms with Crippen LogP contribution in [-0.2, 0) is 16.1 Å². The number of ether oxygens (including phenoxy) is 3. The molecule has 0 unspecified atom stereocenters. The maximum Gasteiger partial charge on any atom is 0.236 e. The minimum atomic E-state index is -0.133. The average molecular weight is 457 g/mol. The molecule has 0 saturated carbocycles. The molecule has 8 nitrogen and oxygen atoms in total. The van der Waals surface area contributed by atoms with Crippen LogP contribution in [-0.4, -0.2) is 53.1 Å². The van der Waals surface area contributed by atoms with Gasteiger partial charge in [0.1, 0.15) is 13.2 Å². The minimum Gasteiger partial charge on any atom is -0.486 e. The summed E-state index contributed by atoms with van der Waals surface area (Å²) in [6, 6.07) is 11.7. The fraction of sp³-hybridized carbons (Fsp3) is 0.286. The molecule has 31 heavy (non-hydrogen) atoms. The monoisotopic (exact) mass is 456 g/mol. The van der Waals surface area contributed by atoms with E-state index in [4.69, 9.17) is 14.2 Å². The summed E-state index contributed by atoms with van der Waals surface area (Å²) < 4.78 is 19.5. The maximum absolute atomic E-state index is 12.6. The van der Waals surface area contributed by atoms with Gasteiger partial charge in [0.2, 0.25) is 5.91 Å². The highest BCUT2D eigenvalue weighted by atomic mass is 32.2. The first-order valence-corrected chi connectivity index (χ1v) is 11.6. The third-order valence-electron chi connectivity index (χ3n) is 4.77. The molecule has 1 N–H and O–H groups in total. The summed E-state index contributed by atoms with van der Waals surface area (Å²) in [5.41, 5.74) is 2.71. The first kappa shape index (κ1) is 20.1. The number of anilines is 1. The summed E-state index contributed by atoms with van der Waals surface area (Å²) in [6.45, 7) is 2.31. The molecule has 0 bridgehead atoms. The summed E-state index contributed by atoms with van der Waals surface area (Å²) in [4.78, 5) is 21.8. The molecule has 1 aliphatic heterocycles. The van der Waals surface area contributed by atoms with Crippen molar-refractivity contribution < 1.29 is 19.0 Å². The number of nitrogens with zero attached hydrogens (tertiary/aromatic N) is 3. The Balaban J connectivity index is 1.29. The van der Waals surface area contributed by atoms with Crippen molar-refractivity contribution in [2.45, 2.75) is 11.7 Å². The van der Waals surface area contributed by atoms with Gasteiger partial charge < -0.3 is 24.1 Å². The summed E-state index contributed by atoms with van der Waals surface area (Å²) in [6.07, 6.45) is 0. The number of hydrogen-bond acceptors (Lipinski definition) is 8. The van der Waals surface area contributed by atoms with Gasteiger partial charge >= 0.3 is 0 Å². The summed E-state index contributed by atoms with van der Waals surface area (Å²) in [7, 11) is 1.67. The van der Waals surface area contributed by atoms with Crippen LogP contribution in [0.5, 0.6) is 11.5 Å². The minimum absolute atomic E-state index is 0.133. The van der Waals surface area contributed by atoms with Crippen LogP contribution in [0.15, 0.2) is 41.6 Å². The van der Waals surface area contributed by atoms with Crippen molar-refractivity contribution in [2.75, 3.05) is 38.0 Å². The number of amides is 1. The molecule has 0 fully saturated rings. The van der Waals surface area contributed by atoms with Gasteiger partial charge in [-0.1, -0.05) is 35.2 Å². The van der Waals surface area contributed by atoms with Gasteiger partial charge in [-0.05, 0) is 12.1 Å². The number of methoxy groups -OCH3 is 1. The second kappa shape index (κ2) is 8.74. The predicted octanol–water partition coefficient (Wildman–Crippen LogP) is 3.79. The molecule has 0 spiro atoms. The molecule has 0 saturated heterocycles. The van der Waals surface area contributed by atoms with Crippen LogP contribution in [0, 0.1) is 0 Å². The molecule has 5 rings (SSSR count). The van der Waals surface area contributed by atoms with E-state index in [1.165, 1.54) is 23.1 Å². The van der Waals surface area contributed by atoms with E-state index >= 15 is 0 Å². The number of thiazole rings is 1. The number of carbonyl (C=O) groups excluding carboxylic acids is 1. The number of hydrogen-bond donors (Lipinski definition) is 1. The first-order valence-electron chi connectivity index (χ1n) is 9.78. The molecule has 10 heteroatoms. The molecule has 1 amide bonds. The second-order valence-corrected chi connectivity index (χ2v) is 8.82. The molecule has 2 aromatic carbocycles. The molecule has 1 aliphatic rings. The normalized spacial score (nSPS) is 13.1. The van der Waals surface area contributed by atoms with Gasteiger partial charge in [-0.15, -0.1) is 0 Å². The lowest BCUT2D eigenvalue weighted by Gasteiger charge is -2.17. The molecule has 0 aliphatic carbocycles. The number of thioether (sulfide) groups is 1. The molecule has 3 heterocycles. The van der Waals surface area contributed by atoms with Crippen LogP contribution in [0.25, 0.3) is 21.3 Å². The number of para-hydroxylation sites is 2. The van der Waals surface area contributed by atoms with Gasteiger partial charge in [-0.25, -0.2) is 9.97 Å². The van der Waals surface area contributed by atoms with Gasteiger partial charge in [0, 0.05) is 25.8 Å². The number of carbonyl (C=O) groups is 1. The van der Waals surface area contributed by atoms with Crippen LogP contribution in [0.4, 0.5) is 5.13 Å². The zero-order valence-electron chi connectivity index (χ0n) is 16.8. The molecule has 4 aromatic rings. The van der Waals surface area contributed by atoms with Crippen LogP contribution in [0.1, 0.15) is 0 Å². The lowest BCUT2D eigenvalue weighted by molar-refractivity contribution is -0.113. The van der Waals surface area contributed by atoms with Crippen molar-refractivity contribution in [3.8, 4) is 11.5 Å². The van der Waals surface area contributed by atoms with Crippen molar-refractivity contribution in [1.29, 1.82) is 0 Å². The van der Waals surface area contributed by atoms with Crippen molar-refractivity contribution in [3.05, 3.63) is 36.4 Å². The highest BCUT2D eigenvalue weighted by molar-refractivity contribution is 7.99. The number of benzene rings is 2. The van der Waals surface area contributed by atoms with Gasteiger partial charge in [-0.2, -0.15) is 0 Å². The molecule has 0 radical (unpaired) electrons. The van der Waals surface area contributed by atoms with Crippen molar-refractivity contribution in [1.82, 2.24) is 14.5 Å². The van der Waals surface area contributed by atoms with E-state index in [0.717, 1.165) is 26.4 Å². The standard InChI is InChI=1S/C21H20N4O4S2/c1-27-7-6-25-15-5-3-2-4-13(15)23-21(25)30-12-19(26)24-20-22-14-10-16-17(11-18(14)31-20)29-9-8-28-16/h2-5,10-11H,6-9,12H2,1H3,(H,22,24,26).